The Morgan fingerprint density at radius 3 is 2.95 bits per heavy atom. The normalized spacial score (nSPS) is 23.4. The van der Waals surface area contributed by atoms with Crippen molar-refractivity contribution >= 4 is 0 Å². The second kappa shape index (κ2) is 5.55. The summed E-state index contributed by atoms with van der Waals surface area (Å²) < 4.78 is 7.77. The Hall–Kier alpha value is -1.65. The summed E-state index contributed by atoms with van der Waals surface area (Å²) in [6.45, 7) is 1.48. The number of hydrogen-bond acceptors (Lipinski definition) is 3. The van der Waals surface area contributed by atoms with Crippen LogP contribution in [0.15, 0.2) is 42.7 Å². The number of nitrogens with two attached hydrogens (primary N) is 1. The van der Waals surface area contributed by atoms with Crippen molar-refractivity contribution in [3.8, 4) is 5.69 Å². The summed E-state index contributed by atoms with van der Waals surface area (Å²) in [7, 11) is 0. The van der Waals surface area contributed by atoms with E-state index in [4.69, 9.17) is 10.5 Å². The van der Waals surface area contributed by atoms with Crippen LogP contribution in [0.2, 0.25) is 0 Å². The Morgan fingerprint density at radius 1 is 1.32 bits per heavy atom. The van der Waals surface area contributed by atoms with Crippen molar-refractivity contribution < 1.29 is 4.74 Å². The summed E-state index contributed by atoms with van der Waals surface area (Å²) in [4.78, 5) is 0. The zero-order valence-electron chi connectivity index (χ0n) is 10.9. The third kappa shape index (κ3) is 2.55. The van der Waals surface area contributed by atoms with Crippen LogP contribution in [0.4, 0.5) is 0 Å². The Balaban J connectivity index is 1.84. The molecule has 4 heteroatoms. The van der Waals surface area contributed by atoms with E-state index >= 15 is 0 Å². The fourth-order valence-corrected chi connectivity index (χ4v) is 2.66. The first-order valence-corrected chi connectivity index (χ1v) is 6.80. The topological polar surface area (TPSA) is 53.1 Å². The summed E-state index contributed by atoms with van der Waals surface area (Å²) in [5.41, 5.74) is 8.03. The van der Waals surface area contributed by atoms with Crippen molar-refractivity contribution in [1.29, 1.82) is 0 Å². The van der Waals surface area contributed by atoms with E-state index in [1.165, 1.54) is 0 Å². The lowest BCUT2D eigenvalue weighted by atomic mass is 9.91. The van der Waals surface area contributed by atoms with Gasteiger partial charge in [-0.3, -0.25) is 0 Å². The van der Waals surface area contributed by atoms with Gasteiger partial charge in [0.15, 0.2) is 0 Å². The Morgan fingerprint density at radius 2 is 2.16 bits per heavy atom. The van der Waals surface area contributed by atoms with E-state index in [2.05, 4.69) is 5.10 Å². The van der Waals surface area contributed by atoms with Gasteiger partial charge < -0.3 is 10.5 Å². The van der Waals surface area contributed by atoms with Gasteiger partial charge in [0.1, 0.15) is 0 Å². The van der Waals surface area contributed by atoms with Gasteiger partial charge in [-0.25, -0.2) is 4.68 Å². The van der Waals surface area contributed by atoms with Gasteiger partial charge in [0.2, 0.25) is 0 Å². The number of benzene rings is 1. The maximum absolute atomic E-state index is 5.88. The quantitative estimate of drug-likeness (QED) is 0.918. The van der Waals surface area contributed by atoms with Crippen molar-refractivity contribution in [3.63, 3.8) is 0 Å². The number of rotatable bonds is 3. The predicted molar refractivity (Wildman–Crippen MR) is 74.0 cm³/mol. The number of ether oxygens (including phenoxy) is 1. The van der Waals surface area contributed by atoms with E-state index in [-0.39, 0.29) is 6.10 Å². The lowest BCUT2D eigenvalue weighted by Crippen LogP contribution is -2.28. The molecule has 0 bridgehead atoms. The Labute approximate surface area is 113 Å². The van der Waals surface area contributed by atoms with Gasteiger partial charge in [0.25, 0.3) is 0 Å². The largest absolute Gasteiger partial charge is 0.373 e. The molecule has 3 rings (SSSR count). The van der Waals surface area contributed by atoms with Crippen molar-refractivity contribution in [3.05, 3.63) is 48.3 Å². The molecule has 2 atom stereocenters. The van der Waals surface area contributed by atoms with Crippen LogP contribution in [0.1, 0.15) is 24.5 Å². The maximum Gasteiger partial charge on any atom is 0.0895 e. The number of aromatic nitrogens is 2. The molecule has 1 aliphatic heterocycles. The highest BCUT2D eigenvalue weighted by molar-refractivity contribution is 5.31. The van der Waals surface area contributed by atoms with Gasteiger partial charge >= 0.3 is 0 Å². The minimum absolute atomic E-state index is 0.0937. The van der Waals surface area contributed by atoms with Crippen LogP contribution >= 0.6 is 0 Å². The summed E-state index contributed by atoms with van der Waals surface area (Å²) >= 11 is 0. The maximum atomic E-state index is 5.88. The van der Waals surface area contributed by atoms with Crippen molar-refractivity contribution in [2.75, 3.05) is 13.2 Å². The van der Waals surface area contributed by atoms with E-state index in [9.17, 15) is 0 Å². The second-order valence-corrected chi connectivity index (χ2v) is 4.98. The standard InChI is InChI=1S/C15H19N3O/c16-9-12-5-4-8-19-15(12)13-10-17-18(11-13)14-6-2-1-3-7-14/h1-3,6-7,10-12,15H,4-5,8-9,16H2. The van der Waals surface area contributed by atoms with E-state index in [1.807, 2.05) is 47.4 Å². The fourth-order valence-electron chi connectivity index (χ4n) is 2.66. The highest BCUT2D eigenvalue weighted by Crippen LogP contribution is 2.32. The summed E-state index contributed by atoms with van der Waals surface area (Å²) in [5.74, 6) is 0.405. The number of hydrogen-bond donors (Lipinski definition) is 1. The van der Waals surface area contributed by atoms with Crippen LogP contribution in [0, 0.1) is 5.92 Å². The molecule has 19 heavy (non-hydrogen) atoms. The number of nitrogens with zero attached hydrogens (tertiary/aromatic N) is 2. The van der Waals surface area contributed by atoms with Gasteiger partial charge in [0, 0.05) is 24.3 Å². The zero-order valence-corrected chi connectivity index (χ0v) is 10.9. The predicted octanol–water partition coefficient (Wildman–Crippen LogP) is 2.30. The van der Waals surface area contributed by atoms with E-state index in [0.717, 1.165) is 30.7 Å². The van der Waals surface area contributed by atoms with Crippen molar-refractivity contribution in [1.82, 2.24) is 9.78 Å². The molecule has 1 aromatic carbocycles. The monoisotopic (exact) mass is 257 g/mol. The van der Waals surface area contributed by atoms with Gasteiger partial charge in [0.05, 0.1) is 18.0 Å². The van der Waals surface area contributed by atoms with Crippen LogP contribution in [0.25, 0.3) is 5.69 Å². The first kappa shape index (κ1) is 12.4. The summed E-state index contributed by atoms with van der Waals surface area (Å²) in [6, 6.07) is 10.1. The summed E-state index contributed by atoms with van der Waals surface area (Å²) in [5, 5.41) is 4.43. The molecule has 2 heterocycles. The molecule has 1 saturated heterocycles. The molecule has 0 amide bonds. The highest BCUT2D eigenvalue weighted by Gasteiger charge is 2.27. The molecule has 1 fully saturated rings. The molecule has 0 radical (unpaired) electrons. The second-order valence-electron chi connectivity index (χ2n) is 4.98. The zero-order chi connectivity index (χ0) is 13.1. The molecule has 2 N–H and O–H groups in total. The molecule has 1 aromatic heterocycles. The number of para-hydroxylation sites is 1. The smallest absolute Gasteiger partial charge is 0.0895 e. The van der Waals surface area contributed by atoms with Crippen molar-refractivity contribution in [2.45, 2.75) is 18.9 Å². The van der Waals surface area contributed by atoms with Gasteiger partial charge in [-0.2, -0.15) is 5.10 Å². The fraction of sp³-hybridized carbons (Fsp3) is 0.400. The Bertz CT molecular complexity index is 523. The lowest BCUT2D eigenvalue weighted by molar-refractivity contribution is -0.0251. The first-order chi connectivity index (χ1) is 9.38. The summed E-state index contributed by atoms with van der Waals surface area (Å²) in [6.07, 6.45) is 6.28. The molecule has 100 valence electrons. The highest BCUT2D eigenvalue weighted by atomic mass is 16.5. The Kier molecular flexibility index (Phi) is 3.62. The average molecular weight is 257 g/mol. The third-order valence-corrected chi connectivity index (χ3v) is 3.70. The molecule has 0 saturated carbocycles. The van der Waals surface area contributed by atoms with Gasteiger partial charge in [-0.15, -0.1) is 0 Å². The third-order valence-electron chi connectivity index (χ3n) is 3.70. The molecular weight excluding hydrogens is 238 g/mol. The van der Waals surface area contributed by atoms with E-state index < -0.39 is 0 Å². The average Bonchev–Trinajstić information content (AvgIpc) is 2.98. The molecule has 0 spiro atoms. The minimum Gasteiger partial charge on any atom is -0.373 e. The van der Waals surface area contributed by atoms with Crippen LogP contribution < -0.4 is 5.73 Å². The van der Waals surface area contributed by atoms with Crippen molar-refractivity contribution in [2.24, 2.45) is 11.7 Å². The van der Waals surface area contributed by atoms with Crippen LogP contribution in [-0.2, 0) is 4.74 Å². The molecule has 1 aliphatic rings. The van der Waals surface area contributed by atoms with Crippen LogP contribution in [0.5, 0.6) is 0 Å². The molecule has 4 nitrogen and oxygen atoms in total. The first-order valence-electron chi connectivity index (χ1n) is 6.80. The SMILES string of the molecule is NCC1CCCOC1c1cnn(-c2ccccc2)c1. The van der Waals surface area contributed by atoms with Gasteiger partial charge in [-0.05, 0) is 31.5 Å². The van der Waals surface area contributed by atoms with Gasteiger partial charge in [-0.1, -0.05) is 18.2 Å². The van der Waals surface area contributed by atoms with E-state index in [1.54, 1.807) is 0 Å². The lowest BCUT2D eigenvalue weighted by Gasteiger charge is -2.30. The van der Waals surface area contributed by atoms with Crippen LogP contribution in [-0.4, -0.2) is 22.9 Å². The molecular formula is C15H19N3O. The van der Waals surface area contributed by atoms with E-state index in [0.29, 0.717) is 12.5 Å². The molecule has 2 unspecified atom stereocenters. The molecule has 2 aromatic rings. The van der Waals surface area contributed by atoms with Crippen LogP contribution in [0.3, 0.4) is 0 Å². The minimum atomic E-state index is 0.0937. The molecule has 0 aliphatic carbocycles.